The second-order valence-electron chi connectivity index (χ2n) is 5.90. The van der Waals surface area contributed by atoms with E-state index in [1.165, 1.54) is 18.1 Å². The lowest BCUT2D eigenvalue weighted by Crippen LogP contribution is -2.19. The van der Waals surface area contributed by atoms with E-state index in [4.69, 9.17) is 4.98 Å². The zero-order valence-electron chi connectivity index (χ0n) is 13.2. The van der Waals surface area contributed by atoms with Gasteiger partial charge < -0.3 is 5.32 Å². The molecule has 0 aromatic carbocycles. The molecule has 2 aromatic rings. The zero-order valence-corrected chi connectivity index (χ0v) is 14.0. The van der Waals surface area contributed by atoms with E-state index in [1.807, 2.05) is 6.92 Å². The quantitative estimate of drug-likeness (QED) is 0.826. The molecule has 0 radical (unpaired) electrons. The predicted octanol–water partition coefficient (Wildman–Crippen LogP) is 3.17. The number of H-pyrrole nitrogens is 1. The van der Waals surface area contributed by atoms with Crippen LogP contribution >= 0.6 is 11.8 Å². The zero-order chi connectivity index (χ0) is 15.5. The minimum atomic E-state index is -0.104. The molecule has 0 amide bonds. The van der Waals surface area contributed by atoms with Crippen molar-refractivity contribution in [2.75, 3.05) is 11.9 Å². The van der Waals surface area contributed by atoms with Gasteiger partial charge in [-0.1, -0.05) is 27.7 Å². The summed E-state index contributed by atoms with van der Waals surface area (Å²) in [5.41, 5.74) is 0.936. The average Bonchev–Trinajstić information content (AvgIpc) is 2.91. The first-order valence-corrected chi connectivity index (χ1v) is 7.89. The van der Waals surface area contributed by atoms with E-state index in [9.17, 15) is 0 Å². The fraction of sp³-hybridized carbons (Fsp3) is 0.571. The Kier molecular flexibility index (Phi) is 4.82. The van der Waals surface area contributed by atoms with Crippen molar-refractivity contribution in [1.82, 2.24) is 25.1 Å². The van der Waals surface area contributed by atoms with Crippen molar-refractivity contribution in [2.45, 2.75) is 56.6 Å². The second kappa shape index (κ2) is 6.43. The van der Waals surface area contributed by atoms with Gasteiger partial charge in [0, 0.05) is 17.5 Å². The van der Waals surface area contributed by atoms with Gasteiger partial charge in [0.15, 0.2) is 5.16 Å². The molecule has 2 heterocycles. The summed E-state index contributed by atoms with van der Waals surface area (Å²) in [5, 5.41) is 11.8. The largest absolute Gasteiger partial charge is 0.370 e. The maximum Gasteiger partial charge on any atom is 0.189 e. The summed E-state index contributed by atoms with van der Waals surface area (Å²) in [5.74, 6) is 1.73. The maximum absolute atomic E-state index is 4.71. The highest BCUT2D eigenvalue weighted by Crippen LogP contribution is 2.31. The summed E-state index contributed by atoms with van der Waals surface area (Å²) in [6, 6.07) is 0. The highest BCUT2D eigenvalue weighted by Gasteiger charge is 2.21. The first-order valence-electron chi connectivity index (χ1n) is 7.08. The van der Waals surface area contributed by atoms with Gasteiger partial charge in [0.25, 0.3) is 0 Å². The summed E-state index contributed by atoms with van der Waals surface area (Å²) in [4.78, 5) is 13.6. The molecule has 0 spiro atoms. The molecule has 0 saturated heterocycles. The summed E-state index contributed by atoms with van der Waals surface area (Å²) < 4.78 is 0. The van der Waals surface area contributed by atoms with E-state index < -0.39 is 0 Å². The van der Waals surface area contributed by atoms with Crippen molar-refractivity contribution in [3.8, 4) is 0 Å². The van der Waals surface area contributed by atoms with Crippen molar-refractivity contribution in [3.63, 3.8) is 0 Å². The van der Waals surface area contributed by atoms with Crippen LogP contribution in [-0.2, 0) is 5.41 Å². The van der Waals surface area contributed by atoms with Gasteiger partial charge in [0.2, 0.25) is 0 Å². The molecule has 114 valence electrons. The number of anilines is 1. The number of hydrogen-bond acceptors (Lipinski definition) is 6. The minimum Gasteiger partial charge on any atom is -0.370 e. The standard InChI is InChI=1S/C14H22N6S/c1-6-7-15-10-9(2)11(21-13-16-8-17-20-13)19-12(18-10)14(3,4)5/h8H,6-7H2,1-5H3,(H,15,18,19)(H,16,17,20). The Balaban J connectivity index is 2.41. The van der Waals surface area contributed by atoms with E-state index in [1.54, 1.807) is 0 Å². The van der Waals surface area contributed by atoms with Crippen molar-refractivity contribution in [2.24, 2.45) is 0 Å². The maximum atomic E-state index is 4.71. The van der Waals surface area contributed by atoms with Gasteiger partial charge in [0.05, 0.1) is 0 Å². The third kappa shape index (κ3) is 3.93. The molecule has 0 aliphatic heterocycles. The van der Waals surface area contributed by atoms with Gasteiger partial charge >= 0.3 is 0 Å². The van der Waals surface area contributed by atoms with Crippen LogP contribution in [-0.4, -0.2) is 31.7 Å². The molecule has 0 aliphatic carbocycles. The third-order valence-electron chi connectivity index (χ3n) is 2.90. The molecular formula is C14H22N6S. The Hall–Kier alpha value is -1.63. The lowest BCUT2D eigenvalue weighted by atomic mass is 9.95. The molecule has 2 rings (SSSR count). The third-order valence-corrected chi connectivity index (χ3v) is 3.88. The van der Waals surface area contributed by atoms with Gasteiger partial charge in [-0.3, -0.25) is 5.10 Å². The fourth-order valence-corrected chi connectivity index (χ4v) is 2.44. The summed E-state index contributed by atoms with van der Waals surface area (Å²) in [7, 11) is 0. The van der Waals surface area contributed by atoms with Crippen LogP contribution < -0.4 is 5.32 Å². The highest BCUT2D eigenvalue weighted by molar-refractivity contribution is 7.99. The van der Waals surface area contributed by atoms with Crippen molar-refractivity contribution in [1.29, 1.82) is 0 Å². The van der Waals surface area contributed by atoms with Crippen LogP contribution in [0.3, 0.4) is 0 Å². The van der Waals surface area contributed by atoms with Crippen LogP contribution in [0, 0.1) is 6.92 Å². The number of aromatic amines is 1. The molecule has 21 heavy (non-hydrogen) atoms. The monoisotopic (exact) mass is 306 g/mol. The Morgan fingerprint density at radius 2 is 2.05 bits per heavy atom. The Labute approximate surface area is 129 Å². The molecule has 0 saturated carbocycles. The summed E-state index contributed by atoms with van der Waals surface area (Å²) in [6.07, 6.45) is 2.55. The van der Waals surface area contributed by atoms with E-state index in [-0.39, 0.29) is 5.41 Å². The second-order valence-corrected chi connectivity index (χ2v) is 6.87. The topological polar surface area (TPSA) is 79.4 Å². The predicted molar refractivity (Wildman–Crippen MR) is 84.8 cm³/mol. The number of nitrogens with one attached hydrogen (secondary N) is 2. The smallest absolute Gasteiger partial charge is 0.189 e. The molecule has 7 heteroatoms. The lowest BCUT2D eigenvalue weighted by Gasteiger charge is -2.20. The number of nitrogens with zero attached hydrogens (tertiary/aromatic N) is 4. The van der Waals surface area contributed by atoms with E-state index >= 15 is 0 Å². The van der Waals surface area contributed by atoms with Crippen molar-refractivity contribution < 1.29 is 0 Å². The normalized spacial score (nSPS) is 11.7. The number of rotatable bonds is 5. The van der Waals surface area contributed by atoms with Crippen molar-refractivity contribution in [3.05, 3.63) is 17.7 Å². The molecule has 6 nitrogen and oxygen atoms in total. The number of aromatic nitrogens is 5. The van der Waals surface area contributed by atoms with E-state index in [0.717, 1.165) is 40.4 Å². The van der Waals surface area contributed by atoms with E-state index in [2.05, 4.69) is 53.2 Å². The Bertz CT molecular complexity index is 588. The van der Waals surface area contributed by atoms with Crippen LogP contribution in [0.4, 0.5) is 5.82 Å². The molecule has 0 aliphatic rings. The SMILES string of the molecule is CCCNc1nc(C(C)(C)C)nc(Sc2ncn[nH]2)c1C. The van der Waals surface area contributed by atoms with Gasteiger partial charge in [-0.05, 0) is 25.1 Å². The first kappa shape index (κ1) is 15.8. The summed E-state index contributed by atoms with van der Waals surface area (Å²) in [6.45, 7) is 11.4. The van der Waals surface area contributed by atoms with Gasteiger partial charge in [0.1, 0.15) is 23.0 Å². The molecule has 0 bridgehead atoms. The molecule has 0 fully saturated rings. The fourth-order valence-electron chi connectivity index (χ4n) is 1.68. The molecule has 0 unspecified atom stereocenters. The Morgan fingerprint density at radius 1 is 1.29 bits per heavy atom. The van der Waals surface area contributed by atoms with Gasteiger partial charge in [-0.2, -0.15) is 5.10 Å². The average molecular weight is 306 g/mol. The van der Waals surface area contributed by atoms with Crippen LogP contribution in [0.15, 0.2) is 16.5 Å². The van der Waals surface area contributed by atoms with Crippen LogP contribution in [0.5, 0.6) is 0 Å². The van der Waals surface area contributed by atoms with Crippen LogP contribution in [0.25, 0.3) is 0 Å². The first-order chi connectivity index (χ1) is 9.91. The van der Waals surface area contributed by atoms with E-state index in [0.29, 0.717) is 0 Å². The molecular weight excluding hydrogens is 284 g/mol. The molecule has 0 atom stereocenters. The van der Waals surface area contributed by atoms with Crippen LogP contribution in [0.2, 0.25) is 0 Å². The van der Waals surface area contributed by atoms with Crippen LogP contribution in [0.1, 0.15) is 45.5 Å². The number of hydrogen-bond donors (Lipinski definition) is 2. The highest BCUT2D eigenvalue weighted by atomic mass is 32.2. The lowest BCUT2D eigenvalue weighted by molar-refractivity contribution is 0.538. The minimum absolute atomic E-state index is 0.104. The van der Waals surface area contributed by atoms with Crippen molar-refractivity contribution >= 4 is 17.6 Å². The van der Waals surface area contributed by atoms with Gasteiger partial charge in [-0.25, -0.2) is 15.0 Å². The molecule has 2 N–H and O–H groups in total. The Morgan fingerprint density at radius 3 is 2.62 bits per heavy atom. The molecule has 2 aromatic heterocycles. The van der Waals surface area contributed by atoms with Gasteiger partial charge in [-0.15, -0.1) is 0 Å². The summed E-state index contributed by atoms with van der Waals surface area (Å²) >= 11 is 1.48.